The Morgan fingerprint density at radius 3 is 2.59 bits per heavy atom. The normalized spacial score (nSPS) is 15.6. The fourth-order valence-corrected chi connectivity index (χ4v) is 4.97. The highest BCUT2D eigenvalue weighted by atomic mass is 32.1. The molecular weight excluding hydrogens is 382 g/mol. The van der Waals surface area contributed by atoms with Gasteiger partial charge in [0.15, 0.2) is 11.7 Å². The van der Waals surface area contributed by atoms with Gasteiger partial charge in [0, 0.05) is 16.0 Å². The molecule has 0 bridgehead atoms. The molecule has 0 radical (unpaired) electrons. The summed E-state index contributed by atoms with van der Waals surface area (Å²) < 4.78 is 7.67. The van der Waals surface area contributed by atoms with Gasteiger partial charge in [-0.2, -0.15) is 0 Å². The van der Waals surface area contributed by atoms with E-state index in [0.29, 0.717) is 12.3 Å². The summed E-state index contributed by atoms with van der Waals surface area (Å²) >= 11 is 1.77. The molecule has 0 spiro atoms. The van der Waals surface area contributed by atoms with Crippen molar-refractivity contribution >= 4 is 17.0 Å². The summed E-state index contributed by atoms with van der Waals surface area (Å²) in [6.45, 7) is 8.41. The van der Waals surface area contributed by atoms with E-state index in [1.807, 2.05) is 6.92 Å². The van der Waals surface area contributed by atoms with E-state index in [1.54, 1.807) is 23.8 Å². The molecule has 5 rings (SSSR count). The molecule has 1 atom stereocenters. The maximum absolute atomic E-state index is 5.52. The van der Waals surface area contributed by atoms with E-state index in [1.165, 1.54) is 16.0 Å². The van der Waals surface area contributed by atoms with Crippen molar-refractivity contribution in [3.63, 3.8) is 0 Å². The summed E-state index contributed by atoms with van der Waals surface area (Å²) in [7, 11) is 0. The molecule has 29 heavy (non-hydrogen) atoms. The predicted octanol–water partition coefficient (Wildman–Crippen LogP) is 4.69. The molecule has 0 N–H and O–H groups in total. The van der Waals surface area contributed by atoms with Crippen molar-refractivity contribution in [2.45, 2.75) is 40.2 Å². The lowest BCUT2D eigenvalue weighted by molar-refractivity contribution is 0.467. The van der Waals surface area contributed by atoms with Crippen LogP contribution < -0.4 is 0 Å². The second-order valence-corrected chi connectivity index (χ2v) is 8.60. The average Bonchev–Trinajstić information content (AvgIpc) is 3.39. The lowest BCUT2D eigenvalue weighted by atomic mass is 9.99. The first-order valence-electron chi connectivity index (χ1n) is 9.58. The van der Waals surface area contributed by atoms with Gasteiger partial charge in [-0.1, -0.05) is 29.8 Å². The van der Waals surface area contributed by atoms with Crippen molar-refractivity contribution in [3.8, 4) is 5.00 Å². The van der Waals surface area contributed by atoms with Crippen LogP contribution in [0.2, 0.25) is 0 Å². The smallest absolute Gasteiger partial charge is 0.196 e. The second-order valence-electron chi connectivity index (χ2n) is 7.39. The Balaban J connectivity index is 1.78. The first-order chi connectivity index (χ1) is 14.0. The van der Waals surface area contributed by atoms with Crippen LogP contribution >= 0.6 is 11.3 Å². The third-order valence-electron chi connectivity index (χ3n) is 5.42. The zero-order valence-electron chi connectivity index (χ0n) is 16.8. The Hall–Kier alpha value is -3.06. The van der Waals surface area contributed by atoms with Crippen LogP contribution in [0.1, 0.15) is 50.7 Å². The predicted molar refractivity (Wildman–Crippen MR) is 113 cm³/mol. The van der Waals surface area contributed by atoms with Gasteiger partial charge in [0.1, 0.15) is 23.1 Å². The number of hydrogen-bond donors (Lipinski definition) is 0. The Bertz CT molecular complexity index is 1220. The minimum atomic E-state index is -0.231. The van der Waals surface area contributed by atoms with E-state index in [-0.39, 0.29) is 6.04 Å². The first kappa shape index (κ1) is 18.0. The number of hydrogen-bond acceptors (Lipinski definition) is 6. The fourth-order valence-electron chi connectivity index (χ4n) is 3.76. The minimum Gasteiger partial charge on any atom is -0.449 e. The molecule has 4 heterocycles. The van der Waals surface area contributed by atoms with Crippen LogP contribution in [0.4, 0.5) is 0 Å². The molecule has 0 amide bonds. The summed E-state index contributed by atoms with van der Waals surface area (Å²) in [5.41, 5.74) is 5.73. The van der Waals surface area contributed by atoms with Crippen molar-refractivity contribution in [2.75, 3.05) is 0 Å². The van der Waals surface area contributed by atoms with Crippen LogP contribution in [-0.2, 0) is 6.42 Å². The lowest BCUT2D eigenvalue weighted by Gasteiger charge is -2.11. The third-order valence-corrected chi connectivity index (χ3v) is 6.61. The van der Waals surface area contributed by atoms with Crippen LogP contribution in [-0.4, -0.2) is 25.5 Å². The summed E-state index contributed by atoms with van der Waals surface area (Å²) in [5.74, 6) is 2.33. The number of fused-ring (bicyclic) bond motifs is 3. The van der Waals surface area contributed by atoms with Gasteiger partial charge in [-0.05, 0) is 33.3 Å². The molecule has 0 unspecified atom stereocenters. The molecule has 0 fully saturated rings. The van der Waals surface area contributed by atoms with Gasteiger partial charge in [-0.15, -0.1) is 21.5 Å². The van der Waals surface area contributed by atoms with Crippen LogP contribution in [0.15, 0.2) is 46.1 Å². The van der Waals surface area contributed by atoms with Crippen molar-refractivity contribution < 1.29 is 4.42 Å². The molecule has 1 aliphatic heterocycles. The van der Waals surface area contributed by atoms with Crippen LogP contribution in [0, 0.1) is 27.7 Å². The molecule has 0 saturated carbocycles. The maximum atomic E-state index is 5.52. The van der Waals surface area contributed by atoms with Crippen LogP contribution in [0.3, 0.4) is 0 Å². The standard InChI is InChI=1S/C22H21N5OS/c1-12-5-7-16(8-6-12)20-19-13(2)14(3)29-22(19)27-15(4)25-26-21(27)17(24-20)11-18-23-9-10-28-18/h5-10,17H,11H2,1-4H3/t17-/m1/s1. The van der Waals surface area contributed by atoms with Gasteiger partial charge < -0.3 is 4.42 Å². The molecular formula is C22H21N5OS. The summed E-state index contributed by atoms with van der Waals surface area (Å²) in [4.78, 5) is 10.8. The Morgan fingerprint density at radius 2 is 1.86 bits per heavy atom. The summed E-state index contributed by atoms with van der Waals surface area (Å²) in [6.07, 6.45) is 3.79. The molecule has 0 aliphatic carbocycles. The molecule has 3 aromatic heterocycles. The molecule has 4 aromatic rings. The van der Waals surface area contributed by atoms with Gasteiger partial charge in [-0.3, -0.25) is 9.56 Å². The summed E-state index contributed by atoms with van der Waals surface area (Å²) in [6, 6.07) is 8.32. The Morgan fingerprint density at radius 1 is 1.07 bits per heavy atom. The van der Waals surface area contributed by atoms with E-state index >= 15 is 0 Å². The summed E-state index contributed by atoms with van der Waals surface area (Å²) in [5, 5.41) is 10.00. The average molecular weight is 404 g/mol. The largest absolute Gasteiger partial charge is 0.449 e. The SMILES string of the molecule is Cc1ccc(C2=N[C@H](Cc3ncco3)c3nnc(C)n3-c3sc(C)c(C)c32)cc1. The molecule has 1 aliphatic rings. The highest BCUT2D eigenvalue weighted by Crippen LogP contribution is 2.39. The van der Waals surface area contributed by atoms with E-state index in [2.05, 4.69) is 64.8 Å². The molecule has 146 valence electrons. The molecule has 6 nitrogen and oxygen atoms in total. The van der Waals surface area contributed by atoms with Crippen molar-refractivity contribution in [3.05, 3.63) is 81.4 Å². The number of aromatic nitrogens is 4. The quantitative estimate of drug-likeness (QED) is 0.498. The second kappa shape index (κ2) is 6.77. The monoisotopic (exact) mass is 403 g/mol. The number of oxazole rings is 1. The Kier molecular flexibility index (Phi) is 4.20. The number of nitrogens with zero attached hydrogens (tertiary/aromatic N) is 5. The number of benzene rings is 1. The van der Waals surface area contributed by atoms with Crippen LogP contribution in [0.5, 0.6) is 0 Å². The number of thiophene rings is 1. The van der Waals surface area contributed by atoms with Gasteiger partial charge >= 0.3 is 0 Å². The van der Waals surface area contributed by atoms with E-state index in [9.17, 15) is 0 Å². The van der Waals surface area contributed by atoms with Crippen molar-refractivity contribution in [2.24, 2.45) is 4.99 Å². The fraction of sp³-hybridized carbons (Fsp3) is 0.273. The van der Waals surface area contributed by atoms with Crippen molar-refractivity contribution in [1.29, 1.82) is 0 Å². The highest BCUT2D eigenvalue weighted by Gasteiger charge is 2.32. The van der Waals surface area contributed by atoms with E-state index < -0.39 is 0 Å². The van der Waals surface area contributed by atoms with E-state index in [4.69, 9.17) is 9.41 Å². The minimum absolute atomic E-state index is 0.231. The molecule has 1 aromatic carbocycles. The van der Waals surface area contributed by atoms with Gasteiger partial charge in [0.2, 0.25) is 0 Å². The molecule has 7 heteroatoms. The van der Waals surface area contributed by atoms with Gasteiger partial charge in [-0.25, -0.2) is 4.98 Å². The number of aryl methyl sites for hydroxylation is 3. The molecule has 0 saturated heterocycles. The number of aliphatic imine (C=N–C) groups is 1. The highest BCUT2D eigenvalue weighted by molar-refractivity contribution is 7.15. The number of rotatable bonds is 3. The van der Waals surface area contributed by atoms with Gasteiger partial charge in [0.25, 0.3) is 0 Å². The third kappa shape index (κ3) is 2.93. The zero-order valence-corrected chi connectivity index (χ0v) is 17.6. The van der Waals surface area contributed by atoms with Crippen LogP contribution in [0.25, 0.3) is 5.00 Å². The zero-order chi connectivity index (χ0) is 20.1. The first-order valence-corrected chi connectivity index (χ1v) is 10.4. The topological polar surface area (TPSA) is 69.1 Å². The van der Waals surface area contributed by atoms with Crippen molar-refractivity contribution in [1.82, 2.24) is 19.7 Å². The Labute approximate surface area is 173 Å². The van der Waals surface area contributed by atoms with E-state index in [0.717, 1.165) is 33.5 Å². The maximum Gasteiger partial charge on any atom is 0.196 e. The van der Waals surface area contributed by atoms with Gasteiger partial charge in [0.05, 0.1) is 18.3 Å². The lowest BCUT2D eigenvalue weighted by Crippen LogP contribution is -2.09.